The summed E-state index contributed by atoms with van der Waals surface area (Å²) < 4.78 is 4.98. The van der Waals surface area contributed by atoms with Crippen molar-refractivity contribution in [2.45, 2.75) is 0 Å². The van der Waals surface area contributed by atoms with Crippen molar-refractivity contribution in [3.05, 3.63) is 75.1 Å². The molecule has 1 aromatic carbocycles. The van der Waals surface area contributed by atoms with E-state index in [1.807, 2.05) is 42.5 Å². The zero-order chi connectivity index (χ0) is 13.2. The van der Waals surface area contributed by atoms with E-state index in [-0.39, 0.29) is 0 Å². The Balaban J connectivity index is 0.000000132. The summed E-state index contributed by atoms with van der Waals surface area (Å²) in [5.41, 5.74) is 2.00. The molecule has 0 saturated heterocycles. The van der Waals surface area contributed by atoms with Gasteiger partial charge in [0.25, 0.3) is 4.84 Å². The maximum absolute atomic E-state index is 5.60. The first-order valence-electron chi connectivity index (χ1n) is 5.77. The molecular formula is C15H10ClNOS. The summed E-state index contributed by atoms with van der Waals surface area (Å²) in [6.07, 6.45) is 1.62. The maximum Gasteiger partial charge on any atom is 0.266 e. The SMILES string of the molecule is Clc1cc2ccc1=2.S=c1[nH]c(-c2ccccc2)co1. The van der Waals surface area contributed by atoms with Gasteiger partial charge in [-0.3, -0.25) is 0 Å². The Morgan fingerprint density at radius 3 is 2.21 bits per heavy atom. The smallest absolute Gasteiger partial charge is 0.266 e. The van der Waals surface area contributed by atoms with Gasteiger partial charge in [-0.05, 0) is 23.5 Å². The van der Waals surface area contributed by atoms with Crippen molar-refractivity contribution in [2.24, 2.45) is 0 Å². The Kier molecular flexibility index (Phi) is 3.23. The van der Waals surface area contributed by atoms with Crippen LogP contribution in [0.3, 0.4) is 0 Å². The molecule has 0 radical (unpaired) electrons. The second-order valence-electron chi connectivity index (χ2n) is 4.12. The van der Waals surface area contributed by atoms with Gasteiger partial charge in [0.1, 0.15) is 6.26 Å². The van der Waals surface area contributed by atoms with Crippen molar-refractivity contribution in [1.29, 1.82) is 0 Å². The van der Waals surface area contributed by atoms with Crippen LogP contribution in [0.1, 0.15) is 0 Å². The molecule has 0 aliphatic heterocycles. The molecule has 0 unspecified atom stereocenters. The third kappa shape index (κ3) is 2.48. The van der Waals surface area contributed by atoms with Crippen molar-refractivity contribution < 1.29 is 4.42 Å². The van der Waals surface area contributed by atoms with Crippen LogP contribution < -0.4 is 0 Å². The number of aromatic nitrogens is 1. The summed E-state index contributed by atoms with van der Waals surface area (Å²) in [6, 6.07) is 16.0. The molecule has 2 aliphatic carbocycles. The van der Waals surface area contributed by atoms with Gasteiger partial charge in [0.2, 0.25) is 0 Å². The standard InChI is InChI=1S/C9H7NOS.C6H3Cl/c12-9-10-8(6-11-9)7-4-2-1-3-5-7;7-6-3-4-1-2-5(4)6/h1-6H,(H,10,12);1-3H. The van der Waals surface area contributed by atoms with Crippen LogP contribution in [0.25, 0.3) is 11.3 Å². The molecule has 0 fully saturated rings. The fourth-order valence-corrected chi connectivity index (χ4v) is 2.23. The Hall–Kier alpha value is -1.84. The molecule has 2 aliphatic rings. The molecule has 0 atom stereocenters. The lowest BCUT2D eigenvalue weighted by Crippen LogP contribution is -1.84. The molecule has 2 nitrogen and oxygen atoms in total. The van der Waals surface area contributed by atoms with Gasteiger partial charge >= 0.3 is 0 Å². The second-order valence-corrected chi connectivity index (χ2v) is 4.90. The van der Waals surface area contributed by atoms with Crippen molar-refractivity contribution >= 4 is 23.8 Å². The Morgan fingerprint density at radius 2 is 1.84 bits per heavy atom. The zero-order valence-electron chi connectivity index (χ0n) is 9.89. The van der Waals surface area contributed by atoms with Crippen molar-refractivity contribution in [3.8, 4) is 11.3 Å². The maximum atomic E-state index is 5.60. The number of hydrogen-bond donors (Lipinski definition) is 1. The molecule has 2 aromatic rings. The fraction of sp³-hybridized carbons (Fsp3) is 0. The van der Waals surface area contributed by atoms with E-state index in [1.54, 1.807) is 6.26 Å². The highest BCUT2D eigenvalue weighted by Crippen LogP contribution is 2.20. The lowest BCUT2D eigenvalue weighted by molar-refractivity contribution is 0.541. The van der Waals surface area contributed by atoms with E-state index in [1.165, 1.54) is 10.4 Å². The molecule has 1 heterocycles. The second kappa shape index (κ2) is 5.03. The third-order valence-corrected chi connectivity index (χ3v) is 3.40. The van der Waals surface area contributed by atoms with Gasteiger partial charge in [0.05, 0.1) is 5.69 Å². The minimum absolute atomic E-state index is 0.411. The van der Waals surface area contributed by atoms with Gasteiger partial charge in [-0.25, -0.2) is 0 Å². The number of aromatic amines is 1. The first-order valence-corrected chi connectivity index (χ1v) is 6.56. The molecular weight excluding hydrogens is 278 g/mol. The van der Waals surface area contributed by atoms with Crippen LogP contribution in [0.15, 0.2) is 59.2 Å². The molecule has 0 spiro atoms. The van der Waals surface area contributed by atoms with Gasteiger partial charge in [0, 0.05) is 15.8 Å². The van der Waals surface area contributed by atoms with Gasteiger partial charge in [0.15, 0.2) is 0 Å². The summed E-state index contributed by atoms with van der Waals surface area (Å²) >= 11 is 10.4. The number of nitrogens with one attached hydrogen (secondary N) is 1. The molecule has 1 aromatic heterocycles. The minimum atomic E-state index is 0.411. The average molecular weight is 288 g/mol. The van der Waals surface area contributed by atoms with Crippen LogP contribution in [0.2, 0.25) is 5.02 Å². The molecule has 4 rings (SSSR count). The van der Waals surface area contributed by atoms with Gasteiger partial charge in [-0.1, -0.05) is 54.1 Å². The molecule has 19 heavy (non-hydrogen) atoms. The van der Waals surface area contributed by atoms with Gasteiger partial charge < -0.3 is 9.40 Å². The number of oxazole rings is 1. The molecule has 0 bridgehead atoms. The number of halogens is 1. The predicted molar refractivity (Wildman–Crippen MR) is 78.5 cm³/mol. The van der Waals surface area contributed by atoms with E-state index in [2.05, 4.69) is 11.1 Å². The Bertz CT molecular complexity index is 852. The molecule has 0 saturated carbocycles. The Labute approximate surface area is 120 Å². The topological polar surface area (TPSA) is 28.9 Å². The predicted octanol–water partition coefficient (Wildman–Crippen LogP) is 4.94. The average Bonchev–Trinajstić information content (AvgIpc) is 2.84. The van der Waals surface area contributed by atoms with E-state index in [0.717, 1.165) is 16.3 Å². The lowest BCUT2D eigenvalue weighted by Gasteiger charge is -2.01. The van der Waals surface area contributed by atoms with Gasteiger partial charge in [-0.2, -0.15) is 0 Å². The molecule has 0 amide bonds. The highest BCUT2D eigenvalue weighted by Gasteiger charge is 2.00. The fourth-order valence-electron chi connectivity index (χ4n) is 1.78. The molecule has 4 heteroatoms. The van der Waals surface area contributed by atoms with Crippen LogP contribution in [0.5, 0.6) is 0 Å². The third-order valence-electron chi connectivity index (χ3n) is 2.89. The summed E-state index contributed by atoms with van der Waals surface area (Å²) in [7, 11) is 0. The summed E-state index contributed by atoms with van der Waals surface area (Å²) in [6.45, 7) is 0. The number of hydrogen-bond acceptors (Lipinski definition) is 2. The van der Waals surface area contributed by atoms with Crippen LogP contribution in [-0.2, 0) is 0 Å². The number of benzene rings is 2. The van der Waals surface area contributed by atoms with Crippen molar-refractivity contribution in [3.63, 3.8) is 0 Å². The van der Waals surface area contributed by atoms with Crippen molar-refractivity contribution in [2.75, 3.05) is 0 Å². The van der Waals surface area contributed by atoms with E-state index in [9.17, 15) is 0 Å². The monoisotopic (exact) mass is 287 g/mol. The van der Waals surface area contributed by atoms with Crippen LogP contribution in [-0.4, -0.2) is 4.98 Å². The summed E-state index contributed by atoms with van der Waals surface area (Å²) in [5.74, 6) is 0. The van der Waals surface area contributed by atoms with E-state index in [0.29, 0.717) is 4.84 Å². The minimum Gasteiger partial charge on any atom is -0.437 e. The number of rotatable bonds is 1. The van der Waals surface area contributed by atoms with E-state index >= 15 is 0 Å². The first kappa shape index (κ1) is 12.2. The highest BCUT2D eigenvalue weighted by atomic mass is 35.5. The number of H-pyrrole nitrogens is 1. The molecule has 94 valence electrons. The van der Waals surface area contributed by atoms with Crippen LogP contribution in [0.4, 0.5) is 0 Å². The Morgan fingerprint density at radius 1 is 1.05 bits per heavy atom. The largest absolute Gasteiger partial charge is 0.437 e. The first-order chi connectivity index (χ1) is 9.24. The summed E-state index contributed by atoms with van der Waals surface area (Å²) in [4.78, 5) is 3.35. The summed E-state index contributed by atoms with van der Waals surface area (Å²) in [5, 5.41) is 3.46. The molecule has 1 N–H and O–H groups in total. The van der Waals surface area contributed by atoms with Crippen LogP contribution in [0, 0.1) is 15.3 Å². The van der Waals surface area contributed by atoms with Gasteiger partial charge in [-0.15, -0.1) is 0 Å². The highest BCUT2D eigenvalue weighted by molar-refractivity contribution is 7.71. The van der Waals surface area contributed by atoms with Crippen LogP contribution >= 0.6 is 23.8 Å². The van der Waals surface area contributed by atoms with E-state index < -0.39 is 0 Å². The van der Waals surface area contributed by atoms with Crippen molar-refractivity contribution in [1.82, 2.24) is 4.98 Å². The lowest BCUT2D eigenvalue weighted by atomic mass is 10.1. The van der Waals surface area contributed by atoms with E-state index in [4.69, 9.17) is 28.2 Å². The normalized spacial score (nSPS) is 10.6. The zero-order valence-corrected chi connectivity index (χ0v) is 11.5. The quantitative estimate of drug-likeness (QED) is 0.502.